The molecule has 0 amide bonds. The maximum Gasteiger partial charge on any atom is 0.0719 e. The normalized spacial score (nSPS) is 14.0. The lowest BCUT2D eigenvalue weighted by atomic mass is 9.82. The van der Waals surface area contributed by atoms with Gasteiger partial charge in [0, 0.05) is 40.2 Å². The maximum atomic E-state index is 4.79. The molecule has 5 rings (SSSR count). The molecule has 1 aliphatic rings. The largest absolute Gasteiger partial charge is 0.334 e. The highest BCUT2D eigenvalue weighted by Gasteiger charge is 2.38. The van der Waals surface area contributed by atoms with E-state index in [0.29, 0.717) is 0 Å². The van der Waals surface area contributed by atoms with E-state index in [-0.39, 0.29) is 11.0 Å². The van der Waals surface area contributed by atoms with Crippen LogP contribution in [0, 0.1) is 0 Å². The topological polar surface area (TPSA) is 29.0 Å². The van der Waals surface area contributed by atoms with Crippen LogP contribution in [0.15, 0.2) is 85.3 Å². The molecule has 0 aliphatic heterocycles. The van der Waals surface area contributed by atoms with Gasteiger partial charge in [-0.3, -0.25) is 9.97 Å². The average molecular weight is 420 g/mol. The van der Waals surface area contributed by atoms with Crippen molar-refractivity contribution >= 4 is 11.4 Å². The minimum atomic E-state index is -0.131. The first kappa shape index (κ1) is 20.4. The molecule has 0 unspecified atom stereocenters. The van der Waals surface area contributed by atoms with Gasteiger partial charge in [-0.25, -0.2) is 0 Å². The van der Waals surface area contributed by atoms with Crippen LogP contribution in [0.2, 0.25) is 0 Å². The summed E-state index contributed by atoms with van der Waals surface area (Å²) in [7, 11) is 0. The van der Waals surface area contributed by atoms with Gasteiger partial charge in [-0.15, -0.1) is 0 Å². The van der Waals surface area contributed by atoms with Crippen molar-refractivity contribution in [2.24, 2.45) is 0 Å². The first-order valence-electron chi connectivity index (χ1n) is 11.2. The van der Waals surface area contributed by atoms with Crippen molar-refractivity contribution in [3.63, 3.8) is 0 Å². The van der Waals surface area contributed by atoms with Crippen LogP contribution in [0.1, 0.15) is 45.7 Å². The van der Waals surface area contributed by atoms with Gasteiger partial charge in [0.05, 0.1) is 17.6 Å². The first-order chi connectivity index (χ1) is 15.3. The van der Waals surface area contributed by atoms with E-state index in [1.54, 1.807) is 6.20 Å². The van der Waals surface area contributed by atoms with Crippen molar-refractivity contribution in [2.45, 2.75) is 45.6 Å². The van der Waals surface area contributed by atoms with Gasteiger partial charge in [-0.1, -0.05) is 50.2 Å². The summed E-state index contributed by atoms with van der Waals surface area (Å²) in [5.41, 5.74) is 9.55. The Labute approximate surface area is 190 Å². The SMILES string of the molecule is CC1(C)c2ccccc2-c2c(N(c3ccc(-c4cccnc4)nc3)C(C)(C)C)cccc21. The molecule has 0 radical (unpaired) electrons. The second kappa shape index (κ2) is 7.30. The molecule has 0 fully saturated rings. The molecular weight excluding hydrogens is 390 g/mol. The zero-order valence-corrected chi connectivity index (χ0v) is 19.4. The van der Waals surface area contributed by atoms with Gasteiger partial charge in [0.1, 0.15) is 0 Å². The Morgan fingerprint density at radius 2 is 1.56 bits per heavy atom. The molecule has 0 saturated carbocycles. The van der Waals surface area contributed by atoms with E-state index in [2.05, 4.69) is 99.1 Å². The molecule has 4 aromatic rings. The lowest BCUT2D eigenvalue weighted by Gasteiger charge is -2.39. The van der Waals surface area contributed by atoms with Crippen molar-refractivity contribution in [1.82, 2.24) is 9.97 Å². The molecule has 2 heterocycles. The van der Waals surface area contributed by atoms with E-state index in [0.717, 1.165) is 16.9 Å². The van der Waals surface area contributed by atoms with Gasteiger partial charge >= 0.3 is 0 Å². The number of aromatic nitrogens is 2. The summed E-state index contributed by atoms with van der Waals surface area (Å²) in [6.07, 6.45) is 5.63. The lowest BCUT2D eigenvalue weighted by Crippen LogP contribution is -2.38. The van der Waals surface area contributed by atoms with Crippen LogP contribution in [0.25, 0.3) is 22.4 Å². The number of anilines is 2. The van der Waals surface area contributed by atoms with Crippen molar-refractivity contribution in [3.8, 4) is 22.4 Å². The van der Waals surface area contributed by atoms with Crippen molar-refractivity contribution in [3.05, 3.63) is 96.4 Å². The summed E-state index contributed by atoms with van der Waals surface area (Å²) in [6.45, 7) is 11.4. The molecule has 1 aliphatic carbocycles. The molecule has 0 atom stereocenters. The third-order valence-electron chi connectivity index (χ3n) is 6.46. The highest BCUT2D eigenvalue weighted by Crippen LogP contribution is 2.53. The first-order valence-corrected chi connectivity index (χ1v) is 11.2. The zero-order valence-electron chi connectivity index (χ0n) is 19.4. The van der Waals surface area contributed by atoms with E-state index in [1.807, 2.05) is 24.5 Å². The Hall–Kier alpha value is -3.46. The summed E-state index contributed by atoms with van der Waals surface area (Å²) < 4.78 is 0. The highest BCUT2D eigenvalue weighted by molar-refractivity contribution is 5.92. The monoisotopic (exact) mass is 419 g/mol. The van der Waals surface area contributed by atoms with Crippen LogP contribution >= 0.6 is 0 Å². The number of nitrogens with zero attached hydrogens (tertiary/aromatic N) is 3. The molecule has 3 heteroatoms. The second-order valence-corrected chi connectivity index (χ2v) is 10.0. The summed E-state index contributed by atoms with van der Waals surface area (Å²) >= 11 is 0. The zero-order chi connectivity index (χ0) is 22.5. The average Bonchev–Trinajstić information content (AvgIpc) is 3.02. The fourth-order valence-electron chi connectivity index (χ4n) is 5.01. The third-order valence-corrected chi connectivity index (χ3v) is 6.46. The highest BCUT2D eigenvalue weighted by atomic mass is 15.2. The molecule has 0 bridgehead atoms. The minimum Gasteiger partial charge on any atom is -0.334 e. The summed E-state index contributed by atoms with van der Waals surface area (Å²) in [5.74, 6) is 0. The van der Waals surface area contributed by atoms with Crippen LogP contribution in [0.5, 0.6) is 0 Å². The van der Waals surface area contributed by atoms with E-state index in [9.17, 15) is 0 Å². The molecular formula is C29H29N3. The molecule has 0 spiro atoms. The molecule has 0 N–H and O–H groups in total. The van der Waals surface area contributed by atoms with Crippen LogP contribution in [0.3, 0.4) is 0 Å². The van der Waals surface area contributed by atoms with Crippen LogP contribution in [-0.2, 0) is 5.41 Å². The van der Waals surface area contributed by atoms with Crippen molar-refractivity contribution in [2.75, 3.05) is 4.90 Å². The Balaban J connectivity index is 1.67. The summed E-state index contributed by atoms with van der Waals surface area (Å²) in [4.78, 5) is 11.4. The minimum absolute atomic E-state index is 0.0199. The number of fused-ring (bicyclic) bond motifs is 3. The van der Waals surface area contributed by atoms with Crippen molar-refractivity contribution < 1.29 is 0 Å². The quantitative estimate of drug-likeness (QED) is 0.347. The second-order valence-electron chi connectivity index (χ2n) is 10.0. The molecule has 2 aromatic heterocycles. The smallest absolute Gasteiger partial charge is 0.0719 e. The number of benzene rings is 2. The van der Waals surface area contributed by atoms with E-state index >= 15 is 0 Å². The predicted octanol–water partition coefficient (Wildman–Crippen LogP) is 7.39. The molecule has 160 valence electrons. The van der Waals surface area contributed by atoms with E-state index in [4.69, 9.17) is 4.98 Å². The van der Waals surface area contributed by atoms with Gasteiger partial charge in [0.25, 0.3) is 0 Å². The van der Waals surface area contributed by atoms with Crippen molar-refractivity contribution in [1.29, 1.82) is 0 Å². The number of hydrogen-bond donors (Lipinski definition) is 0. The molecule has 2 aromatic carbocycles. The van der Waals surface area contributed by atoms with E-state index in [1.165, 1.54) is 27.9 Å². The summed E-state index contributed by atoms with van der Waals surface area (Å²) in [6, 6.07) is 23.8. The van der Waals surface area contributed by atoms with Gasteiger partial charge in [0.15, 0.2) is 0 Å². The standard InChI is InChI=1S/C29H29N3/c1-28(2,3)32(21-15-16-25(31-19-21)20-10-9-17-30-18-20)26-14-8-13-24-27(26)22-11-6-7-12-23(22)29(24,4)5/h6-19H,1-5H3. The fraction of sp³-hybridized carbons (Fsp3) is 0.241. The van der Waals surface area contributed by atoms with Crippen LogP contribution in [0.4, 0.5) is 11.4 Å². The number of pyridine rings is 2. The fourth-order valence-corrected chi connectivity index (χ4v) is 5.01. The number of hydrogen-bond acceptors (Lipinski definition) is 3. The van der Waals surface area contributed by atoms with Gasteiger partial charge < -0.3 is 4.90 Å². The Morgan fingerprint density at radius 3 is 2.25 bits per heavy atom. The Bertz CT molecular complexity index is 1270. The number of rotatable bonds is 3. The lowest BCUT2D eigenvalue weighted by molar-refractivity contribution is 0.559. The molecule has 0 saturated heterocycles. The van der Waals surface area contributed by atoms with Crippen LogP contribution in [-0.4, -0.2) is 15.5 Å². The molecule has 32 heavy (non-hydrogen) atoms. The Kier molecular flexibility index (Phi) is 4.67. The third kappa shape index (κ3) is 3.20. The van der Waals surface area contributed by atoms with Gasteiger partial charge in [-0.05, 0) is 67.8 Å². The van der Waals surface area contributed by atoms with Crippen LogP contribution < -0.4 is 4.90 Å². The summed E-state index contributed by atoms with van der Waals surface area (Å²) in [5, 5.41) is 0. The maximum absolute atomic E-state index is 4.79. The Morgan fingerprint density at radius 1 is 0.781 bits per heavy atom. The predicted molar refractivity (Wildman–Crippen MR) is 133 cm³/mol. The van der Waals surface area contributed by atoms with Gasteiger partial charge in [0.2, 0.25) is 0 Å². The molecule has 3 nitrogen and oxygen atoms in total. The van der Waals surface area contributed by atoms with E-state index < -0.39 is 0 Å². The van der Waals surface area contributed by atoms with Gasteiger partial charge in [-0.2, -0.15) is 0 Å².